The number of aromatic nitrogens is 3. The second-order valence-electron chi connectivity index (χ2n) is 4.03. The third kappa shape index (κ3) is 3.18. The van der Waals surface area contributed by atoms with E-state index < -0.39 is 10.0 Å². The summed E-state index contributed by atoms with van der Waals surface area (Å²) in [5.41, 5.74) is 6.44. The minimum Gasteiger partial charge on any atom is -0.326 e. The number of nitrogens with one attached hydrogen (secondary N) is 1. The molecule has 0 saturated carbocycles. The number of hydrogen-bond donors (Lipinski definition) is 2. The molecule has 9 heteroatoms. The normalized spacial score (nSPS) is 11.9. The van der Waals surface area contributed by atoms with Crippen molar-refractivity contribution < 1.29 is 8.42 Å². The Morgan fingerprint density at radius 1 is 1.53 bits per heavy atom. The first-order chi connectivity index (χ1) is 8.92. The summed E-state index contributed by atoms with van der Waals surface area (Å²) in [6.45, 7) is 2.25. The Morgan fingerprint density at radius 2 is 2.26 bits per heavy atom. The maximum Gasteiger partial charge on any atom is 0.250 e. The zero-order valence-electron chi connectivity index (χ0n) is 10.6. The lowest BCUT2D eigenvalue weighted by molar-refractivity contribution is 0.580. The molecule has 0 unspecified atom stereocenters. The van der Waals surface area contributed by atoms with Gasteiger partial charge in [0.05, 0.1) is 6.54 Å². The molecule has 0 aliphatic rings. The van der Waals surface area contributed by atoms with Crippen molar-refractivity contribution in [3.63, 3.8) is 0 Å². The van der Waals surface area contributed by atoms with Gasteiger partial charge in [0.15, 0.2) is 5.82 Å². The van der Waals surface area contributed by atoms with Gasteiger partial charge in [-0.3, -0.25) is 4.68 Å². The van der Waals surface area contributed by atoms with Gasteiger partial charge >= 0.3 is 0 Å². The number of aryl methyl sites for hydroxylation is 2. The van der Waals surface area contributed by atoms with Crippen LogP contribution in [0.2, 0.25) is 0 Å². The van der Waals surface area contributed by atoms with Gasteiger partial charge in [-0.2, -0.15) is 5.10 Å². The number of thiophene rings is 1. The highest BCUT2D eigenvalue weighted by Gasteiger charge is 2.18. The summed E-state index contributed by atoms with van der Waals surface area (Å²) >= 11 is 1.19. The first kappa shape index (κ1) is 14.1. The largest absolute Gasteiger partial charge is 0.326 e. The highest BCUT2D eigenvalue weighted by atomic mass is 32.2. The van der Waals surface area contributed by atoms with Crippen LogP contribution >= 0.6 is 11.3 Å². The Morgan fingerprint density at radius 3 is 2.79 bits per heavy atom. The quantitative estimate of drug-likeness (QED) is 0.816. The molecule has 0 amide bonds. The minimum atomic E-state index is -3.54. The van der Waals surface area contributed by atoms with Gasteiger partial charge in [0.2, 0.25) is 10.0 Å². The second kappa shape index (κ2) is 5.37. The van der Waals surface area contributed by atoms with Crippen molar-refractivity contribution in [3.8, 4) is 0 Å². The molecule has 0 aromatic carbocycles. The summed E-state index contributed by atoms with van der Waals surface area (Å²) in [7, 11) is -1.81. The van der Waals surface area contributed by atoms with Crippen LogP contribution in [0, 0.1) is 6.92 Å². The van der Waals surface area contributed by atoms with Crippen LogP contribution in [0.4, 0.5) is 0 Å². The van der Waals surface area contributed by atoms with Crippen molar-refractivity contribution in [1.82, 2.24) is 19.5 Å². The summed E-state index contributed by atoms with van der Waals surface area (Å²) in [6, 6.07) is 1.63. The molecule has 2 heterocycles. The van der Waals surface area contributed by atoms with E-state index in [1.807, 2.05) is 6.92 Å². The van der Waals surface area contributed by atoms with Gasteiger partial charge in [0.1, 0.15) is 10.5 Å². The predicted molar refractivity (Wildman–Crippen MR) is 72.0 cm³/mol. The van der Waals surface area contributed by atoms with Gasteiger partial charge in [-0.15, -0.1) is 11.3 Å². The smallest absolute Gasteiger partial charge is 0.250 e. The number of rotatable bonds is 5. The van der Waals surface area contributed by atoms with E-state index in [1.165, 1.54) is 22.3 Å². The van der Waals surface area contributed by atoms with Crippen molar-refractivity contribution in [1.29, 1.82) is 0 Å². The van der Waals surface area contributed by atoms with Gasteiger partial charge in [0.25, 0.3) is 0 Å². The number of sulfonamides is 1. The maximum absolute atomic E-state index is 12.1. The molecule has 7 nitrogen and oxygen atoms in total. The fourth-order valence-corrected chi connectivity index (χ4v) is 4.01. The molecule has 19 heavy (non-hydrogen) atoms. The lowest BCUT2D eigenvalue weighted by Gasteiger charge is -2.01. The van der Waals surface area contributed by atoms with E-state index in [9.17, 15) is 8.42 Å². The number of nitrogens with two attached hydrogens (primary N) is 1. The Bertz CT molecular complexity index is 674. The molecule has 2 rings (SSSR count). The molecule has 0 radical (unpaired) electrons. The van der Waals surface area contributed by atoms with Crippen molar-refractivity contribution in [2.75, 3.05) is 0 Å². The molecule has 104 valence electrons. The van der Waals surface area contributed by atoms with E-state index in [4.69, 9.17) is 5.73 Å². The molecule has 0 spiro atoms. The van der Waals surface area contributed by atoms with Crippen molar-refractivity contribution >= 4 is 21.4 Å². The molecule has 0 aliphatic carbocycles. The van der Waals surface area contributed by atoms with E-state index in [0.717, 1.165) is 10.4 Å². The molecule has 2 aromatic rings. The summed E-state index contributed by atoms with van der Waals surface area (Å²) in [6.07, 6.45) is 1.52. The Hall–Kier alpha value is -1.29. The standard InChI is InChI=1S/C10H15N5O2S2/c1-7-3-10(18-8(7)4-11)19(16,17)13-5-9-12-6-15(2)14-9/h3,6,13H,4-5,11H2,1-2H3. The van der Waals surface area contributed by atoms with Crippen LogP contribution in [0.1, 0.15) is 16.3 Å². The van der Waals surface area contributed by atoms with Crippen molar-refractivity contribution in [3.05, 3.63) is 28.7 Å². The molecule has 2 aromatic heterocycles. The zero-order valence-corrected chi connectivity index (χ0v) is 12.3. The second-order valence-corrected chi connectivity index (χ2v) is 7.17. The van der Waals surface area contributed by atoms with Gasteiger partial charge in [-0.1, -0.05) is 0 Å². The average molecular weight is 301 g/mol. The van der Waals surface area contributed by atoms with Crippen LogP contribution in [-0.4, -0.2) is 23.2 Å². The molecule has 3 N–H and O–H groups in total. The van der Waals surface area contributed by atoms with Gasteiger partial charge < -0.3 is 5.73 Å². The number of hydrogen-bond acceptors (Lipinski definition) is 6. The zero-order chi connectivity index (χ0) is 14.0. The fourth-order valence-electron chi connectivity index (χ4n) is 1.52. The van der Waals surface area contributed by atoms with Crippen LogP contribution in [0.5, 0.6) is 0 Å². The first-order valence-corrected chi connectivity index (χ1v) is 7.86. The molecule has 0 aliphatic heterocycles. The first-order valence-electron chi connectivity index (χ1n) is 5.56. The van der Waals surface area contributed by atoms with Gasteiger partial charge in [-0.25, -0.2) is 18.1 Å². The van der Waals surface area contributed by atoms with E-state index in [1.54, 1.807) is 13.1 Å². The Balaban J connectivity index is 2.13. The molecular formula is C10H15N5O2S2. The summed E-state index contributed by atoms with van der Waals surface area (Å²) < 4.78 is 28.4. The predicted octanol–water partition coefficient (Wildman–Crippen LogP) is 0.122. The Kier molecular flexibility index (Phi) is 3.99. The minimum absolute atomic E-state index is 0.0675. The highest BCUT2D eigenvalue weighted by molar-refractivity contribution is 7.91. The molecule has 0 bridgehead atoms. The van der Waals surface area contributed by atoms with Crippen LogP contribution < -0.4 is 10.5 Å². The van der Waals surface area contributed by atoms with Gasteiger partial charge in [-0.05, 0) is 18.6 Å². The van der Waals surface area contributed by atoms with E-state index in [2.05, 4.69) is 14.8 Å². The van der Waals surface area contributed by atoms with E-state index in [-0.39, 0.29) is 10.8 Å². The Labute approximate surface area is 115 Å². The molecular weight excluding hydrogens is 286 g/mol. The highest BCUT2D eigenvalue weighted by Crippen LogP contribution is 2.25. The van der Waals surface area contributed by atoms with Crippen molar-refractivity contribution in [2.24, 2.45) is 12.8 Å². The topological polar surface area (TPSA) is 103 Å². The van der Waals surface area contributed by atoms with Crippen LogP contribution in [0.3, 0.4) is 0 Å². The summed E-state index contributed by atoms with van der Waals surface area (Å²) in [5, 5.41) is 4.01. The van der Waals surface area contributed by atoms with E-state index >= 15 is 0 Å². The molecule has 0 saturated heterocycles. The SMILES string of the molecule is Cc1cc(S(=O)(=O)NCc2ncn(C)n2)sc1CN. The third-order valence-electron chi connectivity index (χ3n) is 2.52. The lowest BCUT2D eigenvalue weighted by Crippen LogP contribution is -2.23. The summed E-state index contributed by atoms with van der Waals surface area (Å²) in [4.78, 5) is 4.83. The lowest BCUT2D eigenvalue weighted by atomic mass is 10.3. The van der Waals surface area contributed by atoms with Gasteiger partial charge in [0, 0.05) is 18.5 Å². The van der Waals surface area contributed by atoms with E-state index in [0.29, 0.717) is 12.4 Å². The molecule has 0 atom stereocenters. The fraction of sp³-hybridized carbons (Fsp3) is 0.400. The maximum atomic E-state index is 12.1. The van der Waals surface area contributed by atoms with Crippen LogP contribution in [0.25, 0.3) is 0 Å². The summed E-state index contributed by atoms with van der Waals surface area (Å²) in [5.74, 6) is 0.429. The monoisotopic (exact) mass is 301 g/mol. The van der Waals surface area contributed by atoms with Crippen LogP contribution in [0.15, 0.2) is 16.6 Å². The van der Waals surface area contributed by atoms with Crippen molar-refractivity contribution in [2.45, 2.75) is 24.2 Å². The third-order valence-corrected chi connectivity index (χ3v) is 5.65. The van der Waals surface area contributed by atoms with Crippen LogP contribution in [-0.2, 0) is 30.2 Å². The average Bonchev–Trinajstić information content (AvgIpc) is 2.93. The molecule has 0 fully saturated rings. The number of nitrogens with zero attached hydrogens (tertiary/aromatic N) is 3.